The Bertz CT molecular complexity index is 925. The number of hydrogen-bond acceptors (Lipinski definition) is 4. The summed E-state index contributed by atoms with van der Waals surface area (Å²) in [7, 11) is 2.30. The molecule has 2 aliphatic carbocycles. The van der Waals surface area contributed by atoms with Gasteiger partial charge in [-0.3, -0.25) is 9.88 Å². The molecule has 4 aliphatic rings. The number of benzene rings is 1. The number of aryl methyl sites for hydroxylation is 1. The first kappa shape index (κ1) is 18.8. The lowest BCUT2D eigenvalue weighted by molar-refractivity contribution is 0.191. The zero-order chi connectivity index (χ0) is 20.1. The van der Waals surface area contributed by atoms with Gasteiger partial charge in [-0.05, 0) is 86.7 Å². The lowest BCUT2D eigenvalue weighted by Gasteiger charge is -2.38. The third-order valence-electron chi connectivity index (χ3n) is 8.20. The van der Waals surface area contributed by atoms with Crippen molar-refractivity contribution in [1.29, 1.82) is 0 Å². The van der Waals surface area contributed by atoms with Gasteiger partial charge < -0.3 is 10.2 Å². The summed E-state index contributed by atoms with van der Waals surface area (Å²) in [6, 6.07) is 13.1. The largest absolute Gasteiger partial charge is 0.368 e. The normalized spacial score (nSPS) is 29.9. The molecule has 0 radical (unpaired) electrons. The monoisotopic (exact) mass is 402 g/mol. The predicted octanol–water partition coefficient (Wildman–Crippen LogP) is 4.09. The molecule has 1 saturated carbocycles. The maximum atomic E-state index is 4.77. The molecule has 2 fully saturated rings. The maximum absolute atomic E-state index is 4.77. The van der Waals surface area contributed by atoms with Gasteiger partial charge in [0.25, 0.3) is 0 Å². The third-order valence-corrected chi connectivity index (χ3v) is 8.20. The van der Waals surface area contributed by atoms with Crippen molar-refractivity contribution in [2.24, 2.45) is 5.92 Å². The molecule has 4 nitrogen and oxygen atoms in total. The average molecular weight is 403 g/mol. The Morgan fingerprint density at radius 3 is 2.93 bits per heavy atom. The Labute approximate surface area is 180 Å². The van der Waals surface area contributed by atoms with E-state index in [-0.39, 0.29) is 0 Å². The lowest BCUT2D eigenvalue weighted by atomic mass is 9.89. The van der Waals surface area contributed by atoms with Gasteiger partial charge in [0.15, 0.2) is 0 Å². The highest BCUT2D eigenvalue weighted by molar-refractivity contribution is 5.59. The molecule has 2 bridgehead atoms. The second kappa shape index (κ2) is 7.65. The SMILES string of the molecule is CN(C[C@H]1Cc2c(cccc2N2C[C@H]3CC[C@@H]2C3)CN1)[C@H]1CCCc2cccnc21. The third kappa shape index (κ3) is 3.25. The van der Waals surface area contributed by atoms with E-state index in [1.165, 1.54) is 61.9 Å². The minimum absolute atomic E-state index is 0.461. The van der Waals surface area contributed by atoms with Gasteiger partial charge in [-0.1, -0.05) is 18.2 Å². The molecule has 1 aromatic heterocycles. The molecule has 3 heterocycles. The summed E-state index contributed by atoms with van der Waals surface area (Å²) in [5.74, 6) is 0.938. The van der Waals surface area contributed by atoms with E-state index < -0.39 is 0 Å². The smallest absolute Gasteiger partial charge is 0.0607 e. The second-order valence-corrected chi connectivity index (χ2v) is 10.1. The van der Waals surface area contributed by atoms with Gasteiger partial charge in [0.1, 0.15) is 0 Å². The summed E-state index contributed by atoms with van der Waals surface area (Å²) in [6.07, 6.45) is 11.1. The van der Waals surface area contributed by atoms with E-state index in [1.807, 2.05) is 6.20 Å². The van der Waals surface area contributed by atoms with Crippen LogP contribution in [0.15, 0.2) is 36.5 Å². The number of likely N-dealkylation sites (N-methyl/N-ethyl adjacent to an activating group) is 1. The van der Waals surface area contributed by atoms with Crippen molar-refractivity contribution < 1.29 is 0 Å². The number of fused-ring (bicyclic) bond motifs is 4. The van der Waals surface area contributed by atoms with Gasteiger partial charge in [0.05, 0.1) is 11.7 Å². The van der Waals surface area contributed by atoms with Crippen molar-refractivity contribution >= 4 is 5.69 Å². The molecule has 4 atom stereocenters. The Morgan fingerprint density at radius 2 is 2.07 bits per heavy atom. The molecule has 1 saturated heterocycles. The molecule has 4 heteroatoms. The predicted molar refractivity (Wildman–Crippen MR) is 122 cm³/mol. The minimum atomic E-state index is 0.461. The molecule has 1 aromatic carbocycles. The Balaban J connectivity index is 1.20. The van der Waals surface area contributed by atoms with Crippen molar-refractivity contribution in [1.82, 2.24) is 15.2 Å². The zero-order valence-corrected chi connectivity index (χ0v) is 18.2. The summed E-state index contributed by atoms with van der Waals surface area (Å²) in [6.45, 7) is 3.37. The van der Waals surface area contributed by atoms with Crippen molar-refractivity contribution in [2.75, 3.05) is 25.0 Å². The number of hydrogen-bond donors (Lipinski definition) is 1. The van der Waals surface area contributed by atoms with E-state index in [1.54, 1.807) is 11.3 Å². The molecule has 158 valence electrons. The van der Waals surface area contributed by atoms with Gasteiger partial charge in [-0.15, -0.1) is 0 Å². The molecule has 6 rings (SSSR count). The van der Waals surface area contributed by atoms with Crippen LogP contribution >= 0.6 is 0 Å². The maximum Gasteiger partial charge on any atom is 0.0607 e. The molecule has 0 unspecified atom stereocenters. The van der Waals surface area contributed by atoms with Crippen LogP contribution in [0.5, 0.6) is 0 Å². The van der Waals surface area contributed by atoms with Crippen LogP contribution in [0.1, 0.15) is 60.5 Å². The van der Waals surface area contributed by atoms with Gasteiger partial charge >= 0.3 is 0 Å². The fraction of sp³-hybridized carbons (Fsp3) is 0.577. The van der Waals surface area contributed by atoms with Crippen molar-refractivity contribution in [3.63, 3.8) is 0 Å². The van der Waals surface area contributed by atoms with Crippen LogP contribution in [0, 0.1) is 5.92 Å². The Kier molecular flexibility index (Phi) is 4.80. The summed E-state index contributed by atoms with van der Waals surface area (Å²) >= 11 is 0. The lowest BCUT2D eigenvalue weighted by Crippen LogP contribution is -2.45. The van der Waals surface area contributed by atoms with E-state index in [9.17, 15) is 0 Å². The average Bonchev–Trinajstić information content (AvgIpc) is 3.42. The van der Waals surface area contributed by atoms with Crippen LogP contribution in [-0.2, 0) is 19.4 Å². The first-order valence-electron chi connectivity index (χ1n) is 12.0. The first-order chi connectivity index (χ1) is 14.8. The van der Waals surface area contributed by atoms with Crippen LogP contribution in [-0.4, -0.2) is 42.1 Å². The van der Waals surface area contributed by atoms with E-state index in [2.05, 4.69) is 52.5 Å². The number of pyridine rings is 1. The summed E-state index contributed by atoms with van der Waals surface area (Å²) < 4.78 is 0. The van der Waals surface area contributed by atoms with E-state index in [4.69, 9.17) is 4.98 Å². The van der Waals surface area contributed by atoms with Crippen LogP contribution < -0.4 is 10.2 Å². The zero-order valence-electron chi connectivity index (χ0n) is 18.2. The molecular weight excluding hydrogens is 368 g/mol. The van der Waals surface area contributed by atoms with Crippen molar-refractivity contribution in [2.45, 2.75) is 69.6 Å². The highest BCUT2D eigenvalue weighted by Gasteiger charge is 2.39. The summed E-state index contributed by atoms with van der Waals surface area (Å²) in [5, 5.41) is 3.84. The number of piperidine rings is 1. The minimum Gasteiger partial charge on any atom is -0.368 e. The van der Waals surface area contributed by atoms with Crippen LogP contribution in [0.3, 0.4) is 0 Å². The molecule has 0 amide bonds. The number of anilines is 1. The highest BCUT2D eigenvalue weighted by atomic mass is 15.2. The first-order valence-corrected chi connectivity index (χ1v) is 12.0. The van der Waals surface area contributed by atoms with Crippen LogP contribution in [0.2, 0.25) is 0 Å². The van der Waals surface area contributed by atoms with Gasteiger partial charge in [-0.2, -0.15) is 0 Å². The van der Waals surface area contributed by atoms with Crippen LogP contribution in [0.25, 0.3) is 0 Å². The highest BCUT2D eigenvalue weighted by Crippen LogP contribution is 2.42. The topological polar surface area (TPSA) is 31.4 Å². The molecule has 2 aromatic rings. The van der Waals surface area contributed by atoms with Gasteiger partial charge in [-0.25, -0.2) is 0 Å². The molecule has 30 heavy (non-hydrogen) atoms. The fourth-order valence-corrected chi connectivity index (χ4v) is 6.70. The van der Waals surface area contributed by atoms with Gasteiger partial charge in [0, 0.05) is 43.6 Å². The second-order valence-electron chi connectivity index (χ2n) is 10.1. The molecule has 2 aliphatic heterocycles. The molecule has 1 N–H and O–H groups in total. The fourth-order valence-electron chi connectivity index (χ4n) is 6.70. The quantitative estimate of drug-likeness (QED) is 0.835. The summed E-state index contributed by atoms with van der Waals surface area (Å²) in [4.78, 5) is 10.1. The number of nitrogens with zero attached hydrogens (tertiary/aromatic N) is 3. The standard InChI is InChI=1S/C26H34N4/c1-29(25-9-2-5-19-7-4-12-27-26(19)25)17-21-14-23-20(15-28-21)6-3-8-24(23)30-16-18-10-11-22(30)13-18/h3-4,6-8,12,18,21-22,25,28H,2,5,9-11,13-17H2,1H3/t18-,21+,22+,25-/m0/s1. The molecule has 0 spiro atoms. The number of aromatic nitrogens is 1. The van der Waals surface area contributed by atoms with Crippen LogP contribution in [0.4, 0.5) is 5.69 Å². The summed E-state index contributed by atoms with van der Waals surface area (Å²) in [5.41, 5.74) is 7.44. The van der Waals surface area contributed by atoms with Crippen molar-refractivity contribution in [3.05, 3.63) is 58.9 Å². The van der Waals surface area contributed by atoms with E-state index in [0.29, 0.717) is 12.1 Å². The van der Waals surface area contributed by atoms with E-state index >= 15 is 0 Å². The Morgan fingerprint density at radius 1 is 1.13 bits per heavy atom. The number of rotatable bonds is 4. The van der Waals surface area contributed by atoms with E-state index in [0.717, 1.165) is 31.5 Å². The molecular formula is C26H34N4. The van der Waals surface area contributed by atoms with Crippen molar-refractivity contribution in [3.8, 4) is 0 Å². The number of nitrogens with one attached hydrogen (secondary N) is 1. The Hall–Kier alpha value is -1.91. The van der Waals surface area contributed by atoms with Gasteiger partial charge in [0.2, 0.25) is 0 Å².